The fourth-order valence-corrected chi connectivity index (χ4v) is 5.47. The Bertz CT molecular complexity index is 1480. The Kier molecular flexibility index (Phi) is 26.7. The molecular formula is C45H59AuBrF6N2Si-4. The van der Waals surface area contributed by atoms with Crippen molar-refractivity contribution in [3.63, 3.8) is 0 Å². The van der Waals surface area contributed by atoms with Crippen molar-refractivity contribution in [1.82, 2.24) is 0 Å². The summed E-state index contributed by atoms with van der Waals surface area (Å²) in [4.78, 5) is 1.76. The first-order valence-electron chi connectivity index (χ1n) is 18.0. The molecule has 0 aliphatic carbocycles. The maximum absolute atomic E-state index is 12.4. The number of halogens is 7. The molecule has 0 amide bonds. The molecule has 0 atom stereocenters. The van der Waals surface area contributed by atoms with Gasteiger partial charge in [0.15, 0.2) is 6.68 Å². The molecule has 1 aliphatic rings. The van der Waals surface area contributed by atoms with E-state index in [9.17, 15) is 26.1 Å². The Balaban J connectivity index is 0. The van der Waals surface area contributed by atoms with Crippen LogP contribution in [0.5, 0.6) is 0 Å². The number of hydrogen-bond donors (Lipinski definition) is 0. The average molecular weight is 1050 g/mol. The maximum Gasteiger partial charge on any atom is 0.326 e. The summed E-state index contributed by atoms with van der Waals surface area (Å²) in [5, 5.41) is 0. The third-order valence-corrected chi connectivity index (χ3v) is 8.00. The summed E-state index contributed by atoms with van der Waals surface area (Å²) in [5.41, 5.74) is 8.27. The average Bonchev–Trinajstić information content (AvgIpc) is 3.58. The Morgan fingerprint density at radius 2 is 0.893 bits per heavy atom. The van der Waals surface area contributed by atoms with Crippen LogP contribution in [0.3, 0.4) is 0 Å². The molecule has 2 nitrogen and oxygen atoms in total. The molecule has 4 aromatic carbocycles. The van der Waals surface area contributed by atoms with Crippen LogP contribution in [-0.4, -0.2) is 8.41 Å². The minimum Gasteiger partial charge on any atom is -0.479 e. The normalized spacial score (nSPS) is 12.1. The first kappa shape index (κ1) is 55.3. The van der Waals surface area contributed by atoms with Crippen LogP contribution in [0.25, 0.3) is 0 Å². The summed E-state index contributed by atoms with van der Waals surface area (Å²) >= 11 is 2.25. The van der Waals surface area contributed by atoms with Crippen molar-refractivity contribution in [2.24, 2.45) is 0 Å². The number of hydrogen-bond acceptors (Lipinski definition) is 2. The van der Waals surface area contributed by atoms with Crippen LogP contribution in [0.2, 0.25) is 19.6 Å². The van der Waals surface area contributed by atoms with Crippen molar-refractivity contribution in [3.8, 4) is 0 Å². The Morgan fingerprint density at radius 3 is 1.09 bits per heavy atom. The first-order chi connectivity index (χ1) is 25.1. The van der Waals surface area contributed by atoms with Gasteiger partial charge in [0.1, 0.15) is 0 Å². The van der Waals surface area contributed by atoms with Crippen LogP contribution in [0.15, 0.2) is 109 Å². The zero-order valence-corrected chi connectivity index (χ0v) is 39.4. The minimum absolute atomic E-state index is 0. The molecule has 0 saturated heterocycles. The van der Waals surface area contributed by atoms with E-state index in [0.29, 0.717) is 23.7 Å². The van der Waals surface area contributed by atoms with Crippen LogP contribution in [0.4, 0.5) is 37.4 Å². The predicted octanol–water partition coefficient (Wildman–Crippen LogP) is 16.3. The third-order valence-electron chi connectivity index (χ3n) is 7.55. The van der Waals surface area contributed by atoms with Gasteiger partial charge in [-0.05, 0) is 93.9 Å². The van der Waals surface area contributed by atoms with E-state index in [-0.39, 0.29) is 35.4 Å². The molecule has 317 valence electrons. The van der Waals surface area contributed by atoms with Crippen LogP contribution in [0.1, 0.15) is 107 Å². The summed E-state index contributed by atoms with van der Waals surface area (Å²) in [6, 6.07) is 33.6. The van der Waals surface area contributed by atoms with Crippen LogP contribution in [0, 0.1) is 26.8 Å². The number of rotatable bonds is 7. The monoisotopic (exact) mass is 1050 g/mol. The molecule has 56 heavy (non-hydrogen) atoms. The van der Waals surface area contributed by atoms with Crippen LogP contribution < -0.4 is 9.80 Å². The summed E-state index contributed by atoms with van der Waals surface area (Å²) < 4.78 is 65.3. The molecule has 0 aromatic heterocycles. The minimum atomic E-state index is -3.08. The van der Waals surface area contributed by atoms with Gasteiger partial charge in [-0.2, -0.15) is 45.2 Å². The number of para-hydroxylation sites is 2. The molecular weight excluding hydrogens is 987 g/mol. The zero-order chi connectivity index (χ0) is 41.2. The topological polar surface area (TPSA) is 6.48 Å². The predicted molar refractivity (Wildman–Crippen MR) is 230 cm³/mol. The maximum atomic E-state index is 12.4. The van der Waals surface area contributed by atoms with Crippen molar-refractivity contribution in [1.29, 1.82) is 0 Å². The van der Waals surface area contributed by atoms with E-state index in [4.69, 9.17) is 0 Å². The van der Waals surface area contributed by atoms with Crippen molar-refractivity contribution >= 4 is 35.7 Å². The molecule has 0 spiro atoms. The summed E-state index contributed by atoms with van der Waals surface area (Å²) in [6.45, 7) is 22.4. The van der Waals surface area contributed by atoms with E-state index in [2.05, 4.69) is 143 Å². The molecule has 1 heterocycles. The zero-order valence-electron chi connectivity index (χ0n) is 34.6. The molecule has 1 radical (unpaired) electrons. The van der Waals surface area contributed by atoms with Crippen molar-refractivity contribution in [2.75, 3.05) is 9.80 Å². The number of alkyl halides is 3. The molecule has 11 heteroatoms. The Morgan fingerprint density at radius 1 is 0.607 bits per heavy atom. The number of nitrogens with zero attached hydrogens (tertiary/aromatic N) is 2. The molecule has 0 saturated carbocycles. The van der Waals surface area contributed by atoms with Gasteiger partial charge in [0.2, 0.25) is 8.41 Å². The van der Waals surface area contributed by atoms with Gasteiger partial charge in [0.05, 0.1) is 0 Å². The van der Waals surface area contributed by atoms with Crippen LogP contribution in [-0.2, 0) is 27.2 Å². The molecule has 4 aromatic rings. The molecule has 0 N–H and O–H groups in total. The first-order valence-corrected chi connectivity index (χ1v) is 22.1. The fraction of sp³-hybridized carbons (Fsp3) is 0.356. The van der Waals surface area contributed by atoms with Gasteiger partial charge < -0.3 is 34.5 Å². The number of benzene rings is 4. The van der Waals surface area contributed by atoms with Gasteiger partial charge in [-0.1, -0.05) is 122 Å². The van der Waals surface area contributed by atoms with Crippen molar-refractivity contribution in [3.05, 3.63) is 164 Å². The second kappa shape index (κ2) is 27.0. The molecule has 1 aliphatic heterocycles. The van der Waals surface area contributed by atoms with Gasteiger partial charge >= 0.3 is 4.83 Å². The van der Waals surface area contributed by atoms with Gasteiger partial charge in [0.25, 0.3) is 0 Å². The third kappa shape index (κ3) is 21.1. The van der Waals surface area contributed by atoms with Gasteiger partial charge in [-0.25, -0.2) is 0 Å². The Hall–Kier alpha value is -2.76. The largest absolute Gasteiger partial charge is 0.479 e. The summed E-state index contributed by atoms with van der Waals surface area (Å²) in [6.07, 6.45) is 4.43. The summed E-state index contributed by atoms with van der Waals surface area (Å²) in [7, 11) is -2.11. The molecule has 0 fully saturated rings. The van der Waals surface area contributed by atoms with Crippen molar-refractivity contribution in [2.45, 2.75) is 104 Å². The second-order valence-electron chi connectivity index (χ2n) is 14.6. The van der Waals surface area contributed by atoms with Crippen molar-refractivity contribution < 1.29 is 48.4 Å². The van der Waals surface area contributed by atoms with E-state index in [1.807, 2.05) is 30.3 Å². The standard InChI is InChI=1S/C27H37N2.C7H5BrF2.C6H5.C3H9FSi.CF3.CH3.Au/c1-18(2)22-11-9-12-23(19(3)4)26(22)28-15-16-29(17-28)27-24(20(5)6)13-10-14-25(27)21(7)8;8-7(9,10)6-4-2-1-3-5-6;1-2-4-6-5-3-1;1-5(2,3)4;2-1(3)4;;/h9-21H,1-8H3;1-5H;1-5H;1-3H3;;1H3;/q-1;;-1;;2*-1;. The molecule has 5 rings (SSSR count). The fourth-order valence-electron chi connectivity index (χ4n) is 5.21. The molecule has 0 unspecified atom stereocenters. The van der Waals surface area contributed by atoms with Gasteiger partial charge in [0, 0.05) is 39.3 Å². The van der Waals surface area contributed by atoms with E-state index in [0.717, 1.165) is 0 Å². The van der Waals surface area contributed by atoms with E-state index < -0.39 is 19.9 Å². The second-order valence-corrected chi connectivity index (χ2v) is 19.8. The van der Waals surface area contributed by atoms with Gasteiger partial charge in [-0.15, -0.1) is 6.67 Å². The van der Waals surface area contributed by atoms with Crippen LogP contribution >= 0.6 is 15.9 Å². The van der Waals surface area contributed by atoms with Gasteiger partial charge in [-0.3, -0.25) is 0 Å². The smallest absolute Gasteiger partial charge is 0.326 e. The quantitative estimate of drug-likeness (QED) is 0.0598. The van der Waals surface area contributed by atoms with E-state index in [1.165, 1.54) is 45.8 Å². The van der Waals surface area contributed by atoms with E-state index >= 15 is 0 Å². The Labute approximate surface area is 359 Å². The molecule has 0 bridgehead atoms. The summed E-state index contributed by atoms with van der Waals surface area (Å²) in [5.74, 6) is 1.92. The SMILES string of the molecule is CC(C)c1cccc(C(C)C)c1N1C=CN(c2c(C(C)C)cccc2C(C)C)[CH-]1.C[Si](C)(C)F.FC(F)(Br)c1ccccc1.F[C-](F)F.[Au].[CH3-].[c-]1ccccc1. The van der Waals surface area contributed by atoms with E-state index in [1.54, 1.807) is 37.8 Å². The number of anilines is 2.